The molecule has 6 nitrogen and oxygen atoms in total. The number of H-pyrrole nitrogens is 1. The number of anilines is 2. The summed E-state index contributed by atoms with van der Waals surface area (Å²) < 4.78 is 4.99. The minimum atomic E-state index is -0.455. The van der Waals surface area contributed by atoms with Crippen LogP contribution >= 0.6 is 0 Å². The number of hydrogen-bond donors (Lipinski definition) is 3. The monoisotopic (exact) mass is 290 g/mol. The molecule has 1 aliphatic rings. The summed E-state index contributed by atoms with van der Waals surface area (Å²) in [5.41, 5.74) is 8.60. The summed E-state index contributed by atoms with van der Waals surface area (Å²) in [6.07, 6.45) is 2.63. The van der Waals surface area contributed by atoms with E-state index in [-0.39, 0.29) is 0 Å². The fraction of sp³-hybridized carbons (Fsp3) is 0.533. The van der Waals surface area contributed by atoms with Crippen LogP contribution in [0.25, 0.3) is 11.1 Å². The van der Waals surface area contributed by atoms with Crippen LogP contribution in [0.15, 0.2) is 21.3 Å². The number of rotatable bonds is 5. The van der Waals surface area contributed by atoms with Crippen LogP contribution in [0.2, 0.25) is 0 Å². The molecule has 1 aromatic carbocycles. The third-order valence-electron chi connectivity index (χ3n) is 4.00. The molecule has 0 spiro atoms. The average molecular weight is 290 g/mol. The molecule has 114 valence electrons. The van der Waals surface area contributed by atoms with Crippen LogP contribution in [0, 0.1) is 5.92 Å². The molecule has 4 N–H and O–H groups in total. The lowest BCUT2D eigenvalue weighted by molar-refractivity contribution is 0.294. The first kappa shape index (κ1) is 14.0. The van der Waals surface area contributed by atoms with Crippen LogP contribution in [0.4, 0.5) is 11.4 Å². The van der Waals surface area contributed by atoms with Gasteiger partial charge in [0.05, 0.1) is 16.9 Å². The molecular weight excluding hydrogens is 268 g/mol. The topological polar surface area (TPSA) is 87.3 Å². The zero-order chi connectivity index (χ0) is 14.8. The molecule has 1 fully saturated rings. The summed E-state index contributed by atoms with van der Waals surface area (Å²) >= 11 is 0. The van der Waals surface area contributed by atoms with E-state index in [1.54, 1.807) is 6.07 Å². The van der Waals surface area contributed by atoms with Gasteiger partial charge in [0.25, 0.3) is 0 Å². The van der Waals surface area contributed by atoms with E-state index < -0.39 is 5.76 Å². The van der Waals surface area contributed by atoms with E-state index in [1.165, 1.54) is 25.9 Å². The van der Waals surface area contributed by atoms with Gasteiger partial charge in [-0.2, -0.15) is 0 Å². The van der Waals surface area contributed by atoms with E-state index >= 15 is 0 Å². The minimum Gasteiger partial charge on any atom is -0.408 e. The highest BCUT2D eigenvalue weighted by molar-refractivity contribution is 5.85. The van der Waals surface area contributed by atoms with Gasteiger partial charge in [-0.1, -0.05) is 6.92 Å². The third-order valence-corrected chi connectivity index (χ3v) is 4.00. The zero-order valence-electron chi connectivity index (χ0n) is 12.3. The average Bonchev–Trinajstić information content (AvgIpc) is 3.04. The van der Waals surface area contributed by atoms with E-state index in [0.29, 0.717) is 22.7 Å². The Kier molecular flexibility index (Phi) is 3.88. The number of oxazole rings is 1. The zero-order valence-corrected chi connectivity index (χ0v) is 12.3. The Bertz CT molecular complexity index is 670. The van der Waals surface area contributed by atoms with Gasteiger partial charge in [-0.3, -0.25) is 4.98 Å². The smallest absolute Gasteiger partial charge is 0.408 e. The van der Waals surface area contributed by atoms with Gasteiger partial charge < -0.3 is 20.4 Å². The molecule has 1 atom stereocenters. The molecule has 0 radical (unpaired) electrons. The third kappa shape index (κ3) is 3.21. The van der Waals surface area contributed by atoms with Crippen molar-refractivity contribution in [2.75, 3.05) is 37.2 Å². The van der Waals surface area contributed by atoms with E-state index in [0.717, 1.165) is 18.8 Å². The lowest BCUT2D eigenvalue weighted by Crippen LogP contribution is -2.29. The van der Waals surface area contributed by atoms with Crippen LogP contribution in [-0.2, 0) is 0 Å². The summed E-state index contributed by atoms with van der Waals surface area (Å²) in [6, 6.07) is 3.51. The predicted molar refractivity (Wildman–Crippen MR) is 84.6 cm³/mol. The SMILES string of the molecule is CC(CNc1cc2[nH]c(=O)oc2cc1N)CN1CCCC1. The van der Waals surface area contributed by atoms with Crippen molar-refractivity contribution in [1.82, 2.24) is 9.88 Å². The van der Waals surface area contributed by atoms with Gasteiger partial charge in [0.2, 0.25) is 0 Å². The number of aromatic nitrogens is 1. The first-order chi connectivity index (χ1) is 10.1. The Morgan fingerprint density at radius 2 is 2.19 bits per heavy atom. The Hall–Kier alpha value is -1.95. The molecule has 0 bridgehead atoms. The summed E-state index contributed by atoms with van der Waals surface area (Å²) in [7, 11) is 0. The standard InChI is InChI=1S/C15H22N4O2/c1-10(9-19-4-2-3-5-19)8-17-12-7-13-14(6-11(12)16)21-15(20)18-13/h6-7,10,17H,2-5,8-9,16H2,1H3,(H,18,20). The lowest BCUT2D eigenvalue weighted by atomic mass is 10.1. The second kappa shape index (κ2) is 5.81. The first-order valence-corrected chi connectivity index (χ1v) is 7.50. The molecule has 0 amide bonds. The van der Waals surface area contributed by atoms with Crippen LogP contribution in [0.1, 0.15) is 19.8 Å². The number of benzene rings is 1. The molecule has 1 aliphatic heterocycles. The molecule has 1 aromatic heterocycles. The number of aromatic amines is 1. The van der Waals surface area contributed by atoms with Gasteiger partial charge >= 0.3 is 5.76 Å². The fourth-order valence-corrected chi connectivity index (χ4v) is 2.92. The van der Waals surface area contributed by atoms with Crippen LogP contribution < -0.4 is 16.8 Å². The van der Waals surface area contributed by atoms with Crippen molar-refractivity contribution < 1.29 is 4.42 Å². The number of likely N-dealkylation sites (tertiary alicyclic amines) is 1. The molecule has 2 aromatic rings. The quantitative estimate of drug-likeness (QED) is 0.731. The Labute approximate surface area is 123 Å². The van der Waals surface area contributed by atoms with Gasteiger partial charge in [-0.15, -0.1) is 0 Å². The Morgan fingerprint density at radius 1 is 1.43 bits per heavy atom. The van der Waals surface area contributed by atoms with Gasteiger partial charge in [0.15, 0.2) is 5.58 Å². The van der Waals surface area contributed by atoms with Crippen molar-refractivity contribution in [3.8, 4) is 0 Å². The number of nitrogens with two attached hydrogens (primary N) is 1. The maximum Gasteiger partial charge on any atom is 0.417 e. The molecular formula is C15H22N4O2. The van der Waals surface area contributed by atoms with E-state index in [4.69, 9.17) is 10.2 Å². The van der Waals surface area contributed by atoms with Crippen molar-refractivity contribution in [3.63, 3.8) is 0 Å². The largest absolute Gasteiger partial charge is 0.417 e. The van der Waals surface area contributed by atoms with Crippen molar-refractivity contribution in [3.05, 3.63) is 22.7 Å². The van der Waals surface area contributed by atoms with E-state index in [9.17, 15) is 4.79 Å². The van der Waals surface area contributed by atoms with Crippen molar-refractivity contribution in [1.29, 1.82) is 0 Å². The van der Waals surface area contributed by atoms with Gasteiger partial charge in [0, 0.05) is 19.2 Å². The molecule has 6 heteroatoms. The predicted octanol–water partition coefficient (Wildman–Crippen LogP) is 1.85. The van der Waals surface area contributed by atoms with Gasteiger partial charge in [-0.05, 0) is 37.9 Å². The number of fused-ring (bicyclic) bond motifs is 1. The maximum absolute atomic E-state index is 11.2. The second-order valence-corrected chi connectivity index (χ2v) is 5.94. The number of hydrogen-bond acceptors (Lipinski definition) is 5. The fourth-order valence-electron chi connectivity index (χ4n) is 2.92. The summed E-state index contributed by atoms with van der Waals surface area (Å²) in [4.78, 5) is 16.3. The van der Waals surface area contributed by atoms with Crippen LogP contribution in [-0.4, -0.2) is 36.1 Å². The number of nitrogens with zero attached hydrogens (tertiary/aromatic N) is 1. The molecule has 0 aliphatic carbocycles. The lowest BCUT2D eigenvalue weighted by Gasteiger charge is -2.21. The molecule has 21 heavy (non-hydrogen) atoms. The Balaban J connectivity index is 1.63. The minimum absolute atomic E-state index is 0.455. The van der Waals surface area contributed by atoms with Gasteiger partial charge in [-0.25, -0.2) is 4.79 Å². The highest BCUT2D eigenvalue weighted by Crippen LogP contribution is 2.24. The molecule has 1 unspecified atom stereocenters. The second-order valence-electron chi connectivity index (χ2n) is 5.94. The molecule has 1 saturated heterocycles. The first-order valence-electron chi connectivity index (χ1n) is 7.50. The van der Waals surface area contributed by atoms with Crippen molar-refractivity contribution in [2.45, 2.75) is 19.8 Å². The summed E-state index contributed by atoms with van der Waals surface area (Å²) in [5.74, 6) is 0.0885. The molecule has 2 heterocycles. The Morgan fingerprint density at radius 3 is 2.95 bits per heavy atom. The normalized spacial score (nSPS) is 17.4. The summed E-state index contributed by atoms with van der Waals surface area (Å²) in [6.45, 7) is 6.63. The van der Waals surface area contributed by atoms with E-state index in [1.807, 2.05) is 6.07 Å². The van der Waals surface area contributed by atoms with Gasteiger partial charge in [0.1, 0.15) is 0 Å². The molecule has 3 rings (SSSR count). The summed E-state index contributed by atoms with van der Waals surface area (Å²) in [5, 5.41) is 3.37. The van der Waals surface area contributed by atoms with Crippen molar-refractivity contribution >= 4 is 22.5 Å². The number of nitrogens with one attached hydrogen (secondary N) is 2. The van der Waals surface area contributed by atoms with Crippen LogP contribution in [0.3, 0.4) is 0 Å². The maximum atomic E-state index is 11.2. The highest BCUT2D eigenvalue weighted by Gasteiger charge is 2.15. The van der Waals surface area contributed by atoms with Crippen LogP contribution in [0.5, 0.6) is 0 Å². The molecule has 0 saturated carbocycles. The van der Waals surface area contributed by atoms with E-state index in [2.05, 4.69) is 22.1 Å². The number of nitrogen functional groups attached to an aromatic ring is 1. The highest BCUT2D eigenvalue weighted by atomic mass is 16.4. The van der Waals surface area contributed by atoms with Crippen molar-refractivity contribution in [2.24, 2.45) is 5.92 Å².